The SMILES string of the molecule is CC(C)CSc1ccc(Br)cc1C=O. The molecule has 0 bridgehead atoms. The Morgan fingerprint density at radius 1 is 1.50 bits per heavy atom. The van der Waals surface area contributed by atoms with Crippen LogP contribution in [0.3, 0.4) is 0 Å². The van der Waals surface area contributed by atoms with E-state index in [0.717, 1.165) is 27.0 Å². The van der Waals surface area contributed by atoms with Crippen LogP contribution in [0.4, 0.5) is 0 Å². The van der Waals surface area contributed by atoms with E-state index in [9.17, 15) is 4.79 Å². The summed E-state index contributed by atoms with van der Waals surface area (Å²) in [5, 5.41) is 0. The fourth-order valence-corrected chi connectivity index (χ4v) is 2.33. The summed E-state index contributed by atoms with van der Waals surface area (Å²) in [6.07, 6.45) is 0.910. The Kier molecular flexibility index (Phi) is 4.69. The van der Waals surface area contributed by atoms with Crippen LogP contribution in [0.2, 0.25) is 0 Å². The molecule has 0 aliphatic rings. The number of hydrogen-bond donors (Lipinski definition) is 0. The second-order valence-electron chi connectivity index (χ2n) is 3.50. The molecule has 0 spiro atoms. The zero-order chi connectivity index (χ0) is 10.6. The van der Waals surface area contributed by atoms with Gasteiger partial charge in [-0.1, -0.05) is 29.8 Å². The third kappa shape index (κ3) is 3.46. The van der Waals surface area contributed by atoms with Crippen molar-refractivity contribution in [2.45, 2.75) is 18.7 Å². The van der Waals surface area contributed by atoms with Crippen molar-refractivity contribution in [2.24, 2.45) is 5.92 Å². The van der Waals surface area contributed by atoms with Crippen molar-refractivity contribution in [1.82, 2.24) is 0 Å². The summed E-state index contributed by atoms with van der Waals surface area (Å²) in [6, 6.07) is 5.81. The molecule has 0 aliphatic heterocycles. The number of halogens is 1. The van der Waals surface area contributed by atoms with Gasteiger partial charge in [-0.3, -0.25) is 4.79 Å². The van der Waals surface area contributed by atoms with Gasteiger partial charge in [0, 0.05) is 20.7 Å². The van der Waals surface area contributed by atoms with Crippen molar-refractivity contribution in [3.05, 3.63) is 28.2 Å². The minimum Gasteiger partial charge on any atom is -0.298 e. The highest BCUT2D eigenvalue weighted by Gasteiger charge is 2.04. The minimum atomic E-state index is 0.642. The minimum absolute atomic E-state index is 0.642. The normalized spacial score (nSPS) is 10.6. The maximum absolute atomic E-state index is 10.8. The third-order valence-corrected chi connectivity index (χ3v) is 3.68. The maximum atomic E-state index is 10.8. The van der Waals surface area contributed by atoms with Crippen molar-refractivity contribution in [2.75, 3.05) is 5.75 Å². The summed E-state index contributed by atoms with van der Waals surface area (Å²) in [4.78, 5) is 11.9. The Morgan fingerprint density at radius 2 is 2.21 bits per heavy atom. The predicted octanol–water partition coefficient (Wildman–Crippen LogP) is 4.01. The largest absolute Gasteiger partial charge is 0.298 e. The lowest BCUT2D eigenvalue weighted by atomic mass is 10.2. The van der Waals surface area contributed by atoms with Crippen molar-refractivity contribution in [3.63, 3.8) is 0 Å². The number of benzene rings is 1. The molecule has 0 atom stereocenters. The van der Waals surface area contributed by atoms with Gasteiger partial charge in [-0.2, -0.15) is 0 Å². The second-order valence-corrected chi connectivity index (χ2v) is 5.48. The molecule has 0 saturated carbocycles. The molecule has 0 amide bonds. The zero-order valence-electron chi connectivity index (χ0n) is 8.29. The summed E-state index contributed by atoms with van der Waals surface area (Å²) in [5.74, 6) is 1.69. The number of hydrogen-bond acceptors (Lipinski definition) is 2. The van der Waals surface area contributed by atoms with E-state index in [1.54, 1.807) is 11.8 Å². The molecule has 0 aliphatic carbocycles. The van der Waals surface area contributed by atoms with E-state index in [1.165, 1.54) is 0 Å². The van der Waals surface area contributed by atoms with Crippen molar-refractivity contribution >= 4 is 34.0 Å². The first kappa shape index (κ1) is 11.8. The standard InChI is InChI=1S/C11H13BrOS/c1-8(2)7-14-11-4-3-10(12)5-9(11)6-13/h3-6,8H,7H2,1-2H3. The molecule has 0 fully saturated rings. The van der Waals surface area contributed by atoms with Crippen molar-refractivity contribution < 1.29 is 4.79 Å². The van der Waals surface area contributed by atoms with E-state index in [1.807, 2.05) is 18.2 Å². The Bertz CT molecular complexity index is 323. The molecular weight excluding hydrogens is 260 g/mol. The summed E-state index contributed by atoms with van der Waals surface area (Å²) in [6.45, 7) is 4.35. The molecule has 76 valence electrons. The summed E-state index contributed by atoms with van der Waals surface area (Å²) in [7, 11) is 0. The summed E-state index contributed by atoms with van der Waals surface area (Å²) < 4.78 is 0.952. The van der Waals surface area contributed by atoms with Crippen LogP contribution in [0.15, 0.2) is 27.6 Å². The monoisotopic (exact) mass is 272 g/mol. The first-order valence-electron chi connectivity index (χ1n) is 4.51. The van der Waals surface area contributed by atoms with Crippen LogP contribution < -0.4 is 0 Å². The number of thioether (sulfide) groups is 1. The number of carbonyl (C=O) groups is 1. The smallest absolute Gasteiger partial charge is 0.151 e. The van der Waals surface area contributed by atoms with Gasteiger partial charge in [0.15, 0.2) is 6.29 Å². The zero-order valence-corrected chi connectivity index (χ0v) is 10.7. The highest BCUT2D eigenvalue weighted by molar-refractivity contribution is 9.10. The lowest BCUT2D eigenvalue weighted by Crippen LogP contribution is -1.92. The van der Waals surface area contributed by atoms with Gasteiger partial charge in [-0.15, -0.1) is 11.8 Å². The van der Waals surface area contributed by atoms with E-state index in [2.05, 4.69) is 29.8 Å². The van der Waals surface area contributed by atoms with E-state index in [-0.39, 0.29) is 0 Å². The van der Waals surface area contributed by atoms with Crippen LogP contribution >= 0.6 is 27.7 Å². The quantitative estimate of drug-likeness (QED) is 0.609. The average molecular weight is 273 g/mol. The number of aldehydes is 1. The molecule has 3 heteroatoms. The third-order valence-electron chi connectivity index (χ3n) is 1.67. The maximum Gasteiger partial charge on any atom is 0.151 e. The Balaban J connectivity index is 2.80. The van der Waals surface area contributed by atoms with Crippen LogP contribution in [-0.2, 0) is 0 Å². The van der Waals surface area contributed by atoms with Gasteiger partial charge in [0.1, 0.15) is 0 Å². The van der Waals surface area contributed by atoms with Crippen LogP contribution in [0.25, 0.3) is 0 Å². The summed E-state index contributed by atoms with van der Waals surface area (Å²) in [5.41, 5.74) is 0.769. The highest BCUT2D eigenvalue weighted by Crippen LogP contribution is 2.26. The lowest BCUT2D eigenvalue weighted by molar-refractivity contribution is 0.112. The average Bonchev–Trinajstić information content (AvgIpc) is 2.15. The molecule has 0 unspecified atom stereocenters. The number of carbonyl (C=O) groups excluding carboxylic acids is 1. The van der Waals surface area contributed by atoms with Crippen molar-refractivity contribution in [3.8, 4) is 0 Å². The first-order valence-corrected chi connectivity index (χ1v) is 6.29. The van der Waals surface area contributed by atoms with Crippen LogP contribution in [0.1, 0.15) is 24.2 Å². The topological polar surface area (TPSA) is 17.1 Å². The van der Waals surface area contributed by atoms with Crippen LogP contribution in [-0.4, -0.2) is 12.0 Å². The van der Waals surface area contributed by atoms with Gasteiger partial charge in [0.2, 0.25) is 0 Å². The van der Waals surface area contributed by atoms with Gasteiger partial charge in [0.05, 0.1) is 0 Å². The molecule has 1 aromatic rings. The van der Waals surface area contributed by atoms with Gasteiger partial charge in [-0.05, 0) is 24.1 Å². The van der Waals surface area contributed by atoms with E-state index in [0.29, 0.717) is 5.92 Å². The molecule has 14 heavy (non-hydrogen) atoms. The highest BCUT2D eigenvalue weighted by atomic mass is 79.9. The Labute approximate surface area is 97.4 Å². The predicted molar refractivity (Wildman–Crippen MR) is 65.1 cm³/mol. The van der Waals surface area contributed by atoms with E-state index < -0.39 is 0 Å². The molecule has 0 radical (unpaired) electrons. The molecule has 1 aromatic carbocycles. The van der Waals surface area contributed by atoms with Crippen molar-refractivity contribution in [1.29, 1.82) is 0 Å². The van der Waals surface area contributed by atoms with E-state index >= 15 is 0 Å². The molecular formula is C11H13BrOS. The van der Waals surface area contributed by atoms with Gasteiger partial charge < -0.3 is 0 Å². The summed E-state index contributed by atoms with van der Waals surface area (Å²) >= 11 is 5.09. The van der Waals surface area contributed by atoms with Gasteiger partial charge in [-0.25, -0.2) is 0 Å². The van der Waals surface area contributed by atoms with Crippen LogP contribution in [0, 0.1) is 5.92 Å². The fourth-order valence-electron chi connectivity index (χ4n) is 0.999. The fraction of sp³-hybridized carbons (Fsp3) is 0.364. The molecule has 0 heterocycles. The Hall–Kier alpha value is -0.280. The first-order chi connectivity index (χ1) is 6.63. The van der Waals surface area contributed by atoms with E-state index in [4.69, 9.17) is 0 Å². The van der Waals surface area contributed by atoms with Gasteiger partial charge in [0.25, 0.3) is 0 Å². The van der Waals surface area contributed by atoms with Crippen LogP contribution in [0.5, 0.6) is 0 Å². The molecule has 0 saturated heterocycles. The lowest BCUT2D eigenvalue weighted by Gasteiger charge is -2.06. The second kappa shape index (κ2) is 5.56. The van der Waals surface area contributed by atoms with Gasteiger partial charge >= 0.3 is 0 Å². The molecule has 0 aromatic heterocycles. The molecule has 1 rings (SSSR count). The molecule has 0 N–H and O–H groups in total. The Morgan fingerprint density at radius 3 is 2.79 bits per heavy atom. The molecule has 1 nitrogen and oxygen atoms in total. The number of rotatable bonds is 4.